The van der Waals surface area contributed by atoms with Crippen LogP contribution in [0.4, 0.5) is 4.79 Å². The van der Waals surface area contributed by atoms with Gasteiger partial charge >= 0.3 is 39.3 Å². The predicted molar refractivity (Wildman–Crippen MR) is 494 cm³/mol. The van der Waals surface area contributed by atoms with E-state index in [0.717, 1.165) is 22.3 Å². The van der Waals surface area contributed by atoms with Crippen LogP contribution in [0.25, 0.3) is 35.8 Å². The number of para-hydroxylation sites is 2. The first-order valence-corrected chi connectivity index (χ1v) is 51.4. The first-order valence-electron chi connectivity index (χ1n) is 42.1. The molecule has 3 saturated heterocycles. The summed E-state index contributed by atoms with van der Waals surface area (Å²) in [5.41, 5.74) is 2.14. The molecule has 11 aromatic rings. The van der Waals surface area contributed by atoms with Crippen LogP contribution in [0.2, 0.25) is 0 Å². The van der Waals surface area contributed by atoms with Gasteiger partial charge in [0.15, 0.2) is 37.8 Å². The van der Waals surface area contributed by atoms with Crippen LogP contribution in [0.5, 0.6) is 11.5 Å². The lowest BCUT2D eigenvalue weighted by Gasteiger charge is -2.31. The van der Waals surface area contributed by atoms with Gasteiger partial charge in [-0.1, -0.05) is 181 Å². The van der Waals surface area contributed by atoms with Crippen molar-refractivity contribution < 1.29 is 112 Å². The zero-order valence-electron chi connectivity index (χ0n) is 74.1. The minimum atomic E-state index is -4.52. The van der Waals surface area contributed by atoms with Crippen LogP contribution in [0, 0.1) is 12.6 Å². The van der Waals surface area contributed by atoms with Gasteiger partial charge < -0.3 is 51.6 Å². The fourth-order valence-corrected chi connectivity index (χ4v) is 22.5. The van der Waals surface area contributed by atoms with Crippen molar-refractivity contribution in [3.05, 3.63) is 273 Å². The number of carbonyl (C=O) groups excluding carboxylic acids is 3. The number of esters is 2. The summed E-state index contributed by atoms with van der Waals surface area (Å²) in [5, 5.41) is 4.65. The number of hydrogen-bond donors (Lipinski definition) is 0. The summed E-state index contributed by atoms with van der Waals surface area (Å²) in [7, 11) is -13.5. The van der Waals surface area contributed by atoms with E-state index in [0.29, 0.717) is 84.5 Å². The zero-order chi connectivity index (χ0) is 91.7. The number of thiophene rings is 1. The third-order valence-corrected chi connectivity index (χ3v) is 29.8. The molecule has 23 nitrogen and oxygen atoms in total. The Morgan fingerprint density at radius 3 is 1.17 bits per heavy atom. The Bertz CT molecular complexity index is 5590. The normalized spacial score (nSPS) is 15.6. The van der Waals surface area contributed by atoms with Gasteiger partial charge in [-0.25, -0.2) is 34.8 Å². The van der Waals surface area contributed by atoms with Crippen LogP contribution in [0.1, 0.15) is 105 Å². The van der Waals surface area contributed by atoms with Crippen LogP contribution in [-0.2, 0) is 90.0 Å². The lowest BCUT2D eigenvalue weighted by molar-refractivity contribution is -0.597. The quantitative estimate of drug-likeness (QED) is 0.0225. The Balaban J connectivity index is 0.000000159. The van der Waals surface area contributed by atoms with Crippen molar-refractivity contribution in [3.63, 3.8) is 0 Å². The third kappa shape index (κ3) is 33.0. The molecule has 0 aliphatic carbocycles. The van der Waals surface area contributed by atoms with Crippen molar-refractivity contribution in [1.29, 1.82) is 0 Å². The Morgan fingerprint density at radius 2 is 0.772 bits per heavy atom. The van der Waals surface area contributed by atoms with Crippen LogP contribution in [0.15, 0.2) is 263 Å². The maximum absolute atomic E-state index is 12.5. The number of nitrogens with zero attached hydrogens (tertiary/aromatic N) is 3. The van der Waals surface area contributed by atoms with Crippen molar-refractivity contribution in [2.75, 3.05) is 116 Å². The van der Waals surface area contributed by atoms with Gasteiger partial charge in [0.25, 0.3) is 0 Å². The largest absolute Gasteiger partial charge is 0.748 e. The highest BCUT2D eigenvalue weighted by atomic mass is 127. The van der Waals surface area contributed by atoms with E-state index < -0.39 is 95.0 Å². The Labute approximate surface area is 764 Å². The summed E-state index contributed by atoms with van der Waals surface area (Å²) < 4.78 is 147. The molecule has 4 aliphatic rings. The van der Waals surface area contributed by atoms with Gasteiger partial charge in [-0.05, 0) is 183 Å². The third-order valence-electron chi connectivity index (χ3n) is 20.1. The highest BCUT2D eigenvalue weighted by Gasteiger charge is 2.39. The van der Waals surface area contributed by atoms with Gasteiger partial charge in [-0.15, -0.1) is 0 Å². The SMILES string of the molecule is CC(C)(C)C(=O)OC(CN1CCOCC1)CS(=O)(=O)[O-].CC(C)(C)OC(=O)OC(CN1CCOCC1)CS(=O)(=O)[O-].CC(C)(C)c1ccc([I+]c2ccc(C(C)(C)C)cc2)cc1.O=C(OC(CN1CCOCC1)CS(=O)(=O)[O-])c1ccc2ccccc2c1.c1ccc(-[s+]2c3ccccc3c3ccccc32)cc1.c1ccc([S+]2c3ccccc3Oc3ccccc32)cc1. The Kier molecular flexibility index (Phi) is 36.5. The van der Waals surface area contributed by atoms with Crippen LogP contribution in [0.3, 0.4) is 0 Å². The molecule has 10 aromatic carbocycles. The van der Waals surface area contributed by atoms with Gasteiger partial charge in [0.05, 0.1) is 98.2 Å². The van der Waals surface area contributed by atoms with E-state index in [1.165, 1.54) is 58.0 Å². The summed E-state index contributed by atoms with van der Waals surface area (Å²) >= 11 is -0.0703. The van der Waals surface area contributed by atoms with Gasteiger partial charge in [-0.3, -0.25) is 19.5 Å². The Hall–Kier alpha value is -8.74. The first kappa shape index (κ1) is 100. The molecule has 15 rings (SSSR count). The molecule has 127 heavy (non-hydrogen) atoms. The second kappa shape index (κ2) is 46.2. The molecule has 3 atom stereocenters. The molecule has 0 N–H and O–H groups in total. The predicted octanol–water partition coefficient (Wildman–Crippen LogP) is 14.3. The molecule has 0 radical (unpaired) electrons. The van der Waals surface area contributed by atoms with Crippen molar-refractivity contribution >= 4 is 101 Å². The summed E-state index contributed by atoms with van der Waals surface area (Å²) in [6, 6.07) is 86.8. The highest BCUT2D eigenvalue weighted by Crippen LogP contribution is 2.49. The number of ether oxygens (including phenoxy) is 8. The standard InChI is InChI=1S/C20H26I.C18H21NO6S.C18H13OS.C18H13S.C12H23NO7S.C12H23NO6S/c1-19(2,3)15-7-11-17(12-8-15)21-18-13-9-16(10-14-18)20(4,5)6;20-18(16-6-5-14-3-1-2-4-15(14)11-16)25-17(13-26(21,22)23)12-19-7-9-24-10-8-19;1-2-8-14(9-3-1)20-17-12-6-4-10-15(17)19-16-11-5-7-13-18(16)20;1-2-8-14(9-3-1)19-17-12-6-4-10-15(17)16-11-5-7-13-18(16)19;1-12(2,3)20-11(14)19-10(9-21(15,16)17)8-13-4-6-18-7-5-13;1-12(2,3)11(14)19-10(9-20(15,16)17)8-13-4-6-18-7-5-13/h7-14H,1-6H3;1-6,11,17H,7-10,12-13H2,(H,21,22,23);1-13H;1-13H;10H,4-9H2,1-3H3,(H,15,16,17);10H,4-9H2,1-3H3,(H,15,16,17)/q+1;;2*+1;;/p-3. The molecule has 0 saturated carbocycles. The molecular formula is C98H116IN3O20S5. The van der Waals surface area contributed by atoms with Gasteiger partial charge in [0.1, 0.15) is 34.8 Å². The zero-order valence-corrected chi connectivity index (χ0v) is 80.3. The summed E-state index contributed by atoms with van der Waals surface area (Å²) in [6.45, 7) is 31.0. The smallest absolute Gasteiger partial charge is 0.509 e. The molecule has 3 fully saturated rings. The minimum absolute atomic E-state index is 0.0594. The maximum Gasteiger partial charge on any atom is 0.509 e. The topological polar surface area (TPSA) is 306 Å². The number of halogens is 1. The van der Waals surface area contributed by atoms with Crippen molar-refractivity contribution in [2.24, 2.45) is 5.41 Å². The van der Waals surface area contributed by atoms with Gasteiger partial charge in [0, 0.05) is 80.1 Å². The first-order chi connectivity index (χ1) is 60.1. The van der Waals surface area contributed by atoms with E-state index in [-0.39, 0.29) is 73.0 Å². The number of carbonyl (C=O) groups is 3. The fourth-order valence-electron chi connectivity index (χ4n) is 13.8. The van der Waals surface area contributed by atoms with E-state index in [1.54, 1.807) is 59.7 Å². The average molecular weight is 1940 g/mol. The van der Waals surface area contributed by atoms with E-state index in [9.17, 15) is 53.3 Å². The fraction of sp³-hybridized carbons (Fsp3) is 0.378. The average Bonchev–Trinajstić information content (AvgIpc) is 1.58. The number of benzene rings is 10. The number of hydrogen-bond acceptors (Lipinski definition) is 23. The maximum atomic E-state index is 12.5. The van der Waals surface area contributed by atoms with E-state index in [4.69, 9.17) is 37.9 Å². The van der Waals surface area contributed by atoms with Gasteiger partial charge in [-0.2, -0.15) is 0 Å². The molecule has 3 unspecified atom stereocenters. The summed E-state index contributed by atoms with van der Waals surface area (Å²) in [6.07, 6.45) is -4.00. The second-order valence-corrected chi connectivity index (χ2v) is 46.1. The molecule has 0 bridgehead atoms. The molecule has 5 heterocycles. The van der Waals surface area contributed by atoms with Gasteiger partial charge in [0.2, 0.25) is 9.79 Å². The van der Waals surface area contributed by atoms with Crippen LogP contribution in [-0.4, -0.2) is 211 Å². The monoisotopic (exact) mass is 1940 g/mol. The number of fused-ring (bicyclic) bond motifs is 6. The van der Waals surface area contributed by atoms with Crippen LogP contribution >= 0.6 is 10.5 Å². The van der Waals surface area contributed by atoms with E-state index in [1.807, 2.05) is 63.2 Å². The van der Waals surface area contributed by atoms with Crippen molar-refractivity contribution in [1.82, 2.24) is 14.7 Å². The molecule has 680 valence electrons. The summed E-state index contributed by atoms with van der Waals surface area (Å²) in [5.74, 6) is -1.44. The Morgan fingerprint density at radius 1 is 0.409 bits per heavy atom. The molecule has 4 aliphatic heterocycles. The van der Waals surface area contributed by atoms with Crippen LogP contribution < -0.4 is 25.9 Å². The number of rotatable bonds is 20. The second-order valence-electron chi connectivity index (χ2n) is 34.8. The molecule has 29 heteroatoms. The molecule has 0 amide bonds. The van der Waals surface area contributed by atoms with E-state index in [2.05, 4.69) is 224 Å². The molecule has 0 spiro atoms. The summed E-state index contributed by atoms with van der Waals surface area (Å²) in [4.78, 5) is 46.9. The van der Waals surface area contributed by atoms with E-state index >= 15 is 0 Å². The number of morpholine rings is 3. The minimum Gasteiger partial charge on any atom is -0.748 e. The van der Waals surface area contributed by atoms with Crippen molar-refractivity contribution in [2.45, 2.75) is 133 Å². The lowest BCUT2D eigenvalue weighted by Crippen LogP contribution is -3.61. The molecular weight excluding hydrogens is 1830 g/mol. The lowest BCUT2D eigenvalue weighted by atomic mass is 9.87. The molecule has 1 aromatic heterocycles. The highest BCUT2D eigenvalue weighted by molar-refractivity contribution is 7.97. The van der Waals surface area contributed by atoms with Crippen molar-refractivity contribution in [3.8, 4) is 16.4 Å².